The molecule has 0 spiro atoms. The fraction of sp³-hybridized carbons (Fsp3) is 0.158. The molecule has 0 nitrogen and oxygen atoms in total. The number of hydrogen-bond donors (Lipinski definition) is 0. The van der Waals surface area contributed by atoms with Gasteiger partial charge in [-0.1, -0.05) is 85.8 Å². The highest BCUT2D eigenvalue weighted by Gasteiger charge is 2.26. The smallest absolute Gasteiger partial charge is 0.0147 e. The molecule has 0 aromatic heterocycles. The largest absolute Gasteiger partial charge is 0.0739 e. The molecule has 0 radical (unpaired) electrons. The minimum Gasteiger partial charge on any atom is -0.0739 e. The van der Waals surface area contributed by atoms with Crippen molar-refractivity contribution in [3.05, 3.63) is 90.0 Å². The first kappa shape index (κ1) is 12.0. The summed E-state index contributed by atoms with van der Waals surface area (Å²) in [4.78, 5) is 0. The monoisotopic (exact) mass is 246 g/mol. The molecule has 2 aromatic rings. The Labute approximate surface area is 115 Å². The summed E-state index contributed by atoms with van der Waals surface area (Å²) in [7, 11) is 0. The zero-order valence-corrected chi connectivity index (χ0v) is 11.2. The fourth-order valence-electron chi connectivity index (χ4n) is 2.76. The van der Waals surface area contributed by atoms with Crippen LogP contribution in [-0.4, -0.2) is 0 Å². The van der Waals surface area contributed by atoms with Crippen LogP contribution in [0.25, 0.3) is 5.57 Å². The first-order valence-corrected chi connectivity index (χ1v) is 6.77. The first-order chi connectivity index (χ1) is 9.28. The molecule has 0 saturated heterocycles. The van der Waals surface area contributed by atoms with Gasteiger partial charge in [0.2, 0.25) is 0 Å². The number of rotatable bonds is 2. The van der Waals surface area contributed by atoms with E-state index in [2.05, 4.69) is 85.8 Å². The second-order valence-corrected chi connectivity index (χ2v) is 5.38. The third-order valence-electron chi connectivity index (χ3n) is 3.90. The molecule has 94 valence electrons. The van der Waals surface area contributed by atoms with Crippen LogP contribution >= 0.6 is 0 Å². The zero-order chi connectivity index (χ0) is 13.1. The van der Waals surface area contributed by atoms with Crippen molar-refractivity contribution in [1.29, 1.82) is 0 Å². The minimum absolute atomic E-state index is 0.0984. The maximum atomic E-state index is 2.31. The average Bonchev–Trinajstić information content (AvgIpc) is 2.49. The Balaban J connectivity index is 1.94. The van der Waals surface area contributed by atoms with Crippen molar-refractivity contribution < 1.29 is 0 Å². The lowest BCUT2D eigenvalue weighted by atomic mass is 9.73. The van der Waals surface area contributed by atoms with Gasteiger partial charge < -0.3 is 0 Å². The van der Waals surface area contributed by atoms with Crippen molar-refractivity contribution >= 4 is 5.57 Å². The molecule has 1 aliphatic rings. The maximum Gasteiger partial charge on any atom is 0.0147 e. The number of allylic oxidation sites excluding steroid dienone is 4. The van der Waals surface area contributed by atoms with E-state index in [1.807, 2.05) is 0 Å². The quantitative estimate of drug-likeness (QED) is 0.700. The van der Waals surface area contributed by atoms with Gasteiger partial charge in [-0.15, -0.1) is 0 Å². The molecule has 0 heteroatoms. The number of hydrogen-bond acceptors (Lipinski definition) is 0. The summed E-state index contributed by atoms with van der Waals surface area (Å²) < 4.78 is 0. The van der Waals surface area contributed by atoms with E-state index in [4.69, 9.17) is 0 Å². The molecule has 0 heterocycles. The van der Waals surface area contributed by atoms with E-state index in [1.54, 1.807) is 0 Å². The van der Waals surface area contributed by atoms with Crippen LogP contribution in [0.15, 0.2) is 78.9 Å². The van der Waals surface area contributed by atoms with Crippen LogP contribution in [0, 0.1) is 0 Å². The molecule has 2 aromatic carbocycles. The Hall–Kier alpha value is -2.08. The molecule has 0 amide bonds. The van der Waals surface area contributed by atoms with E-state index in [0.717, 1.165) is 6.42 Å². The summed E-state index contributed by atoms with van der Waals surface area (Å²) in [5, 5.41) is 0. The van der Waals surface area contributed by atoms with Gasteiger partial charge in [0.1, 0.15) is 0 Å². The van der Waals surface area contributed by atoms with E-state index >= 15 is 0 Å². The molecule has 3 rings (SSSR count). The Morgan fingerprint density at radius 1 is 0.842 bits per heavy atom. The SMILES string of the molecule is CC1(c2ccccc2)C=CC=C(c2ccccc2)C1. The topological polar surface area (TPSA) is 0 Å². The van der Waals surface area contributed by atoms with Gasteiger partial charge in [-0.05, 0) is 23.1 Å². The van der Waals surface area contributed by atoms with Crippen LogP contribution in [0.5, 0.6) is 0 Å². The molecule has 0 saturated carbocycles. The summed E-state index contributed by atoms with van der Waals surface area (Å²) >= 11 is 0. The second-order valence-electron chi connectivity index (χ2n) is 5.38. The second kappa shape index (κ2) is 4.89. The lowest BCUT2D eigenvalue weighted by Gasteiger charge is -2.30. The van der Waals surface area contributed by atoms with Gasteiger partial charge >= 0.3 is 0 Å². The summed E-state index contributed by atoms with van der Waals surface area (Å²) in [5.41, 5.74) is 4.22. The van der Waals surface area contributed by atoms with Crippen LogP contribution in [-0.2, 0) is 5.41 Å². The third kappa shape index (κ3) is 2.39. The Bertz CT molecular complexity index is 605. The summed E-state index contributed by atoms with van der Waals surface area (Å²) in [5.74, 6) is 0. The maximum absolute atomic E-state index is 2.31. The van der Waals surface area contributed by atoms with Crippen LogP contribution in [0.1, 0.15) is 24.5 Å². The third-order valence-corrected chi connectivity index (χ3v) is 3.90. The predicted octanol–water partition coefficient (Wildman–Crippen LogP) is 4.99. The van der Waals surface area contributed by atoms with E-state index in [0.29, 0.717) is 0 Å². The highest BCUT2D eigenvalue weighted by molar-refractivity contribution is 5.70. The van der Waals surface area contributed by atoms with Gasteiger partial charge in [0.15, 0.2) is 0 Å². The van der Waals surface area contributed by atoms with Crippen LogP contribution in [0.3, 0.4) is 0 Å². The van der Waals surface area contributed by atoms with E-state index in [1.165, 1.54) is 16.7 Å². The van der Waals surface area contributed by atoms with Crippen LogP contribution < -0.4 is 0 Å². The number of benzene rings is 2. The normalized spacial score (nSPS) is 22.1. The fourth-order valence-corrected chi connectivity index (χ4v) is 2.76. The molecule has 1 atom stereocenters. The van der Waals surface area contributed by atoms with Crippen molar-refractivity contribution in [1.82, 2.24) is 0 Å². The Morgan fingerprint density at radius 3 is 2.16 bits per heavy atom. The average molecular weight is 246 g/mol. The highest BCUT2D eigenvalue weighted by atomic mass is 14.3. The molecule has 0 N–H and O–H groups in total. The van der Waals surface area contributed by atoms with Crippen molar-refractivity contribution in [2.45, 2.75) is 18.8 Å². The molecule has 19 heavy (non-hydrogen) atoms. The predicted molar refractivity (Wildman–Crippen MR) is 82.0 cm³/mol. The molecule has 1 aliphatic carbocycles. The lowest BCUT2D eigenvalue weighted by Crippen LogP contribution is -2.21. The van der Waals surface area contributed by atoms with Crippen molar-refractivity contribution in [2.75, 3.05) is 0 Å². The standard InChI is InChI=1S/C19H18/c1-19(18-12-6-3-7-13-18)14-8-11-17(15-19)16-9-4-2-5-10-16/h2-14H,15H2,1H3. The molecule has 0 fully saturated rings. The Morgan fingerprint density at radius 2 is 1.47 bits per heavy atom. The highest BCUT2D eigenvalue weighted by Crippen LogP contribution is 2.38. The molecule has 0 aliphatic heterocycles. The van der Waals surface area contributed by atoms with E-state index in [9.17, 15) is 0 Å². The first-order valence-electron chi connectivity index (χ1n) is 6.77. The minimum atomic E-state index is 0.0984. The molecule has 0 bridgehead atoms. The summed E-state index contributed by atoms with van der Waals surface area (Å²) in [6.07, 6.45) is 7.80. The molecular weight excluding hydrogens is 228 g/mol. The van der Waals surface area contributed by atoms with Crippen LogP contribution in [0.4, 0.5) is 0 Å². The van der Waals surface area contributed by atoms with Gasteiger partial charge in [0.05, 0.1) is 0 Å². The van der Waals surface area contributed by atoms with Gasteiger partial charge in [-0.2, -0.15) is 0 Å². The Kier molecular flexibility index (Phi) is 3.08. The van der Waals surface area contributed by atoms with Gasteiger partial charge in [-0.3, -0.25) is 0 Å². The van der Waals surface area contributed by atoms with Crippen molar-refractivity contribution in [3.8, 4) is 0 Å². The zero-order valence-electron chi connectivity index (χ0n) is 11.2. The van der Waals surface area contributed by atoms with Gasteiger partial charge in [-0.25, -0.2) is 0 Å². The van der Waals surface area contributed by atoms with Gasteiger partial charge in [0, 0.05) is 5.41 Å². The van der Waals surface area contributed by atoms with Gasteiger partial charge in [0.25, 0.3) is 0 Å². The van der Waals surface area contributed by atoms with E-state index in [-0.39, 0.29) is 5.41 Å². The molecular formula is C19H18. The van der Waals surface area contributed by atoms with E-state index < -0.39 is 0 Å². The van der Waals surface area contributed by atoms with Crippen molar-refractivity contribution in [2.24, 2.45) is 0 Å². The summed E-state index contributed by atoms with van der Waals surface area (Å²) in [6, 6.07) is 21.4. The lowest BCUT2D eigenvalue weighted by molar-refractivity contribution is 0.609. The molecule has 1 unspecified atom stereocenters. The summed E-state index contributed by atoms with van der Waals surface area (Å²) in [6.45, 7) is 2.31. The van der Waals surface area contributed by atoms with Crippen LogP contribution in [0.2, 0.25) is 0 Å². The van der Waals surface area contributed by atoms with Crippen molar-refractivity contribution in [3.63, 3.8) is 0 Å².